The zero-order valence-corrected chi connectivity index (χ0v) is 8.81. The molecule has 1 heterocycles. The minimum absolute atomic E-state index is 0.542. The standard InChI is InChI=1S/C11H7Cl2N/c1-2-7-5-14-6-9-8(7)3-4-10(12)11(9)13/h2-6H,1H2. The number of nitrogens with zero attached hydrogens (tertiary/aromatic N) is 1. The van der Waals surface area contributed by atoms with Crippen molar-refractivity contribution in [1.82, 2.24) is 4.98 Å². The molecule has 0 unspecified atom stereocenters. The molecular formula is C11H7Cl2N. The summed E-state index contributed by atoms with van der Waals surface area (Å²) in [6.07, 6.45) is 5.20. The Hall–Kier alpha value is -1.05. The van der Waals surface area contributed by atoms with Crippen molar-refractivity contribution in [2.45, 2.75) is 0 Å². The molecule has 70 valence electrons. The number of fused-ring (bicyclic) bond motifs is 1. The van der Waals surface area contributed by atoms with E-state index < -0.39 is 0 Å². The fraction of sp³-hybridized carbons (Fsp3) is 0. The molecule has 0 aliphatic carbocycles. The van der Waals surface area contributed by atoms with E-state index >= 15 is 0 Å². The second-order valence-electron chi connectivity index (χ2n) is 2.89. The summed E-state index contributed by atoms with van der Waals surface area (Å²) in [6, 6.07) is 3.70. The third kappa shape index (κ3) is 1.39. The van der Waals surface area contributed by atoms with Crippen molar-refractivity contribution in [3.8, 4) is 0 Å². The number of hydrogen-bond acceptors (Lipinski definition) is 1. The molecule has 3 heteroatoms. The predicted molar refractivity (Wildman–Crippen MR) is 61.9 cm³/mol. The lowest BCUT2D eigenvalue weighted by Gasteiger charge is -2.04. The van der Waals surface area contributed by atoms with E-state index in [0.717, 1.165) is 16.3 Å². The van der Waals surface area contributed by atoms with Gasteiger partial charge in [0.05, 0.1) is 10.0 Å². The van der Waals surface area contributed by atoms with E-state index in [1.165, 1.54) is 0 Å². The first-order valence-corrected chi connectivity index (χ1v) is 4.84. The maximum atomic E-state index is 6.05. The topological polar surface area (TPSA) is 12.9 Å². The Labute approximate surface area is 92.0 Å². The SMILES string of the molecule is C=Cc1cncc2c(Cl)c(Cl)ccc12. The minimum atomic E-state index is 0.542. The minimum Gasteiger partial charge on any atom is -0.263 e. The molecule has 0 amide bonds. The summed E-state index contributed by atoms with van der Waals surface area (Å²) in [6.45, 7) is 3.72. The van der Waals surface area contributed by atoms with Gasteiger partial charge in [-0.05, 0) is 11.5 Å². The molecule has 0 aliphatic heterocycles. The van der Waals surface area contributed by atoms with Crippen LogP contribution in [0.2, 0.25) is 10.0 Å². The van der Waals surface area contributed by atoms with Gasteiger partial charge >= 0.3 is 0 Å². The van der Waals surface area contributed by atoms with Gasteiger partial charge in [-0.3, -0.25) is 4.98 Å². The van der Waals surface area contributed by atoms with E-state index in [4.69, 9.17) is 23.2 Å². The van der Waals surface area contributed by atoms with Crippen LogP contribution in [0.1, 0.15) is 5.56 Å². The van der Waals surface area contributed by atoms with Crippen LogP contribution < -0.4 is 0 Å². The smallest absolute Gasteiger partial charge is 0.0686 e. The molecule has 1 aromatic carbocycles. The maximum Gasteiger partial charge on any atom is 0.0686 e. The van der Waals surface area contributed by atoms with Crippen molar-refractivity contribution in [1.29, 1.82) is 0 Å². The molecule has 0 radical (unpaired) electrons. The number of halogens is 2. The molecule has 0 saturated carbocycles. The number of aromatic nitrogens is 1. The van der Waals surface area contributed by atoms with E-state index in [0.29, 0.717) is 10.0 Å². The zero-order valence-electron chi connectivity index (χ0n) is 7.30. The van der Waals surface area contributed by atoms with E-state index in [1.807, 2.05) is 6.07 Å². The molecule has 1 aromatic heterocycles. The van der Waals surface area contributed by atoms with Crippen LogP contribution in [0, 0.1) is 0 Å². The molecule has 0 aliphatic rings. The van der Waals surface area contributed by atoms with Crippen LogP contribution in [0.3, 0.4) is 0 Å². The first-order chi connectivity index (χ1) is 6.74. The van der Waals surface area contributed by atoms with Crippen molar-refractivity contribution < 1.29 is 0 Å². The van der Waals surface area contributed by atoms with Crippen LogP contribution in [0.15, 0.2) is 31.1 Å². The Morgan fingerprint density at radius 1 is 1.14 bits per heavy atom. The van der Waals surface area contributed by atoms with Gasteiger partial charge in [-0.2, -0.15) is 0 Å². The van der Waals surface area contributed by atoms with Gasteiger partial charge in [0.2, 0.25) is 0 Å². The Morgan fingerprint density at radius 3 is 2.64 bits per heavy atom. The lowest BCUT2D eigenvalue weighted by atomic mass is 10.1. The lowest BCUT2D eigenvalue weighted by Crippen LogP contribution is -1.82. The first-order valence-electron chi connectivity index (χ1n) is 4.08. The van der Waals surface area contributed by atoms with Crippen LogP contribution in [0.5, 0.6) is 0 Å². The molecule has 2 rings (SSSR count). The molecular weight excluding hydrogens is 217 g/mol. The van der Waals surface area contributed by atoms with E-state index in [-0.39, 0.29) is 0 Å². The second-order valence-corrected chi connectivity index (χ2v) is 3.67. The van der Waals surface area contributed by atoms with Gasteiger partial charge in [0.15, 0.2) is 0 Å². The molecule has 1 nitrogen and oxygen atoms in total. The second kappa shape index (κ2) is 3.60. The highest BCUT2D eigenvalue weighted by molar-refractivity contribution is 6.45. The number of benzene rings is 1. The van der Waals surface area contributed by atoms with Crippen molar-refractivity contribution in [2.75, 3.05) is 0 Å². The van der Waals surface area contributed by atoms with Crippen molar-refractivity contribution in [3.63, 3.8) is 0 Å². The quantitative estimate of drug-likeness (QED) is 0.707. The summed E-state index contributed by atoms with van der Waals surface area (Å²) in [4.78, 5) is 4.07. The van der Waals surface area contributed by atoms with Gasteiger partial charge in [-0.25, -0.2) is 0 Å². The molecule has 14 heavy (non-hydrogen) atoms. The molecule has 0 N–H and O–H groups in total. The zero-order chi connectivity index (χ0) is 10.1. The van der Waals surface area contributed by atoms with Crippen LogP contribution in [-0.2, 0) is 0 Å². The van der Waals surface area contributed by atoms with Crippen LogP contribution in [0.4, 0.5) is 0 Å². The van der Waals surface area contributed by atoms with E-state index in [9.17, 15) is 0 Å². The Balaban J connectivity index is 2.92. The monoisotopic (exact) mass is 223 g/mol. The Bertz CT molecular complexity index is 506. The van der Waals surface area contributed by atoms with E-state index in [1.54, 1.807) is 24.5 Å². The first kappa shape index (κ1) is 9.50. The number of pyridine rings is 1. The summed E-state index contributed by atoms with van der Waals surface area (Å²) in [5, 5.41) is 2.96. The average Bonchev–Trinajstić information content (AvgIpc) is 2.23. The van der Waals surface area contributed by atoms with Gasteiger partial charge in [0, 0.05) is 23.3 Å². The highest BCUT2D eigenvalue weighted by Gasteiger charge is 2.05. The largest absolute Gasteiger partial charge is 0.263 e. The van der Waals surface area contributed by atoms with Crippen LogP contribution in [0.25, 0.3) is 16.8 Å². The van der Waals surface area contributed by atoms with Crippen molar-refractivity contribution >= 4 is 40.1 Å². The van der Waals surface area contributed by atoms with Crippen LogP contribution >= 0.6 is 23.2 Å². The third-order valence-electron chi connectivity index (χ3n) is 2.08. The number of rotatable bonds is 1. The molecule has 0 fully saturated rings. The molecule has 0 spiro atoms. The Morgan fingerprint density at radius 2 is 1.93 bits per heavy atom. The summed E-state index contributed by atoms with van der Waals surface area (Å²) >= 11 is 11.9. The molecule has 0 atom stereocenters. The molecule has 0 saturated heterocycles. The van der Waals surface area contributed by atoms with Gasteiger partial charge in [-0.15, -0.1) is 0 Å². The van der Waals surface area contributed by atoms with Crippen LogP contribution in [-0.4, -0.2) is 4.98 Å². The fourth-order valence-corrected chi connectivity index (χ4v) is 1.75. The third-order valence-corrected chi connectivity index (χ3v) is 2.90. The average molecular weight is 224 g/mol. The predicted octanol–water partition coefficient (Wildman–Crippen LogP) is 4.18. The maximum absolute atomic E-state index is 6.05. The van der Waals surface area contributed by atoms with Crippen molar-refractivity contribution in [3.05, 3.63) is 46.7 Å². The summed E-state index contributed by atoms with van der Waals surface area (Å²) in [5.41, 5.74) is 0.959. The van der Waals surface area contributed by atoms with Gasteiger partial charge < -0.3 is 0 Å². The Kier molecular flexibility index (Phi) is 2.44. The lowest BCUT2D eigenvalue weighted by molar-refractivity contribution is 1.35. The van der Waals surface area contributed by atoms with Gasteiger partial charge in [-0.1, -0.05) is 41.9 Å². The highest BCUT2D eigenvalue weighted by Crippen LogP contribution is 2.31. The van der Waals surface area contributed by atoms with Gasteiger partial charge in [0.1, 0.15) is 0 Å². The fourth-order valence-electron chi connectivity index (χ4n) is 1.37. The normalized spacial score (nSPS) is 10.4. The summed E-state index contributed by atoms with van der Waals surface area (Å²) in [7, 11) is 0. The van der Waals surface area contributed by atoms with Gasteiger partial charge in [0.25, 0.3) is 0 Å². The summed E-state index contributed by atoms with van der Waals surface area (Å²) < 4.78 is 0. The number of hydrogen-bond donors (Lipinski definition) is 0. The molecule has 2 aromatic rings. The van der Waals surface area contributed by atoms with E-state index in [2.05, 4.69) is 11.6 Å². The molecule has 0 bridgehead atoms. The highest BCUT2D eigenvalue weighted by atomic mass is 35.5. The summed E-state index contributed by atoms with van der Waals surface area (Å²) in [5.74, 6) is 0. The van der Waals surface area contributed by atoms with Crippen molar-refractivity contribution in [2.24, 2.45) is 0 Å².